The van der Waals surface area contributed by atoms with Crippen LogP contribution in [0, 0.1) is 0 Å². The number of ether oxygens (including phenoxy) is 1. The van der Waals surface area contributed by atoms with Crippen LogP contribution < -0.4 is 9.64 Å². The van der Waals surface area contributed by atoms with Crippen LogP contribution in [-0.2, 0) is 0 Å². The second-order valence-corrected chi connectivity index (χ2v) is 6.87. The highest BCUT2D eigenvalue weighted by molar-refractivity contribution is 7.07. The fraction of sp³-hybridized carbons (Fsp3) is 0.500. The maximum atomic E-state index is 12.4. The molecule has 0 bridgehead atoms. The Hall–Kier alpha value is -2.22. The van der Waals surface area contributed by atoms with Crippen molar-refractivity contribution in [2.45, 2.75) is 25.4 Å². The molecule has 2 aliphatic rings. The van der Waals surface area contributed by atoms with Gasteiger partial charge in [-0.15, -0.1) is 5.10 Å². The molecule has 0 aliphatic carbocycles. The third-order valence-corrected chi connectivity index (χ3v) is 5.11. The molecule has 0 unspecified atom stereocenters. The number of nitrogens with zero attached hydrogens (tertiary/aromatic N) is 5. The third kappa shape index (κ3) is 3.06. The summed E-state index contributed by atoms with van der Waals surface area (Å²) in [6.07, 6.45) is 6.55. The number of carbonyl (C=O) groups is 1. The van der Waals surface area contributed by atoms with Gasteiger partial charge >= 0.3 is 0 Å². The number of carbonyl (C=O) groups excluding carboxylic acids is 1. The van der Waals surface area contributed by atoms with Gasteiger partial charge in [0.1, 0.15) is 11.0 Å². The number of hydrogen-bond donors (Lipinski definition) is 0. The van der Waals surface area contributed by atoms with Crippen molar-refractivity contribution in [3.63, 3.8) is 0 Å². The molecule has 4 heterocycles. The molecule has 2 saturated heterocycles. The lowest BCUT2D eigenvalue weighted by Crippen LogP contribution is -2.30. The fourth-order valence-electron chi connectivity index (χ4n) is 3.25. The van der Waals surface area contributed by atoms with Crippen LogP contribution in [0.25, 0.3) is 0 Å². The van der Waals surface area contributed by atoms with Gasteiger partial charge in [-0.25, -0.2) is 4.98 Å². The van der Waals surface area contributed by atoms with Gasteiger partial charge in [0.15, 0.2) is 11.6 Å². The summed E-state index contributed by atoms with van der Waals surface area (Å²) in [6, 6.07) is 3.87. The fourth-order valence-corrected chi connectivity index (χ4v) is 3.73. The Labute approximate surface area is 144 Å². The molecule has 2 aromatic rings. The van der Waals surface area contributed by atoms with Gasteiger partial charge in [0.2, 0.25) is 0 Å². The molecule has 8 heteroatoms. The topological polar surface area (TPSA) is 71.5 Å². The summed E-state index contributed by atoms with van der Waals surface area (Å²) in [5.41, 5.74) is 0. The van der Waals surface area contributed by atoms with E-state index in [1.807, 2.05) is 23.2 Å². The van der Waals surface area contributed by atoms with E-state index in [4.69, 9.17) is 4.74 Å². The lowest BCUT2D eigenvalue weighted by molar-refractivity contribution is 0.0777. The van der Waals surface area contributed by atoms with Crippen molar-refractivity contribution in [2.75, 3.05) is 31.1 Å². The molecule has 2 aromatic heterocycles. The lowest BCUT2D eigenvalue weighted by atomic mass is 10.3. The number of likely N-dealkylation sites (tertiary alicyclic amines) is 1. The monoisotopic (exact) mass is 345 g/mol. The van der Waals surface area contributed by atoms with Crippen molar-refractivity contribution < 1.29 is 9.53 Å². The van der Waals surface area contributed by atoms with Crippen LogP contribution in [-0.4, -0.2) is 57.7 Å². The minimum Gasteiger partial charge on any atom is -0.485 e. The summed E-state index contributed by atoms with van der Waals surface area (Å²) < 4.78 is 9.95. The van der Waals surface area contributed by atoms with E-state index in [1.54, 1.807) is 0 Å². The van der Waals surface area contributed by atoms with Crippen molar-refractivity contribution in [1.82, 2.24) is 19.5 Å². The van der Waals surface area contributed by atoms with E-state index in [1.165, 1.54) is 19.0 Å². The first-order valence-corrected chi connectivity index (χ1v) is 9.02. The van der Waals surface area contributed by atoms with Gasteiger partial charge < -0.3 is 14.5 Å². The van der Waals surface area contributed by atoms with E-state index >= 15 is 0 Å². The van der Waals surface area contributed by atoms with Gasteiger partial charge in [0.25, 0.3) is 5.91 Å². The zero-order chi connectivity index (χ0) is 16.4. The minimum atomic E-state index is -0.0120. The van der Waals surface area contributed by atoms with Crippen LogP contribution in [0.3, 0.4) is 0 Å². The van der Waals surface area contributed by atoms with Crippen LogP contribution in [0.4, 0.5) is 5.82 Å². The molecule has 0 spiro atoms. The average molecular weight is 345 g/mol. The molecule has 24 heavy (non-hydrogen) atoms. The van der Waals surface area contributed by atoms with Crippen LogP contribution in [0.5, 0.6) is 5.75 Å². The molecule has 126 valence electrons. The Morgan fingerprint density at radius 1 is 1.29 bits per heavy atom. The van der Waals surface area contributed by atoms with E-state index in [0.29, 0.717) is 18.0 Å². The van der Waals surface area contributed by atoms with E-state index in [9.17, 15) is 4.79 Å². The number of amides is 1. The number of aromatic nitrogens is 3. The Bertz CT molecular complexity index is 702. The molecule has 2 aliphatic heterocycles. The van der Waals surface area contributed by atoms with Gasteiger partial charge in [-0.1, -0.05) is 4.49 Å². The second-order valence-electron chi connectivity index (χ2n) is 6.08. The number of hydrogen-bond acceptors (Lipinski definition) is 7. The normalized spacial score (nSPS) is 20.6. The van der Waals surface area contributed by atoms with Crippen molar-refractivity contribution >= 4 is 23.3 Å². The average Bonchev–Trinajstić information content (AvgIpc) is 3.36. The maximum Gasteiger partial charge on any atom is 0.267 e. The van der Waals surface area contributed by atoms with Crippen LogP contribution >= 0.6 is 11.5 Å². The molecule has 0 N–H and O–H groups in total. The third-order valence-electron chi connectivity index (χ3n) is 4.45. The second kappa shape index (κ2) is 6.72. The molecule has 1 atom stereocenters. The summed E-state index contributed by atoms with van der Waals surface area (Å²) in [4.78, 5) is 21.5. The Balaban J connectivity index is 1.43. The summed E-state index contributed by atoms with van der Waals surface area (Å²) in [7, 11) is 0. The number of pyridine rings is 1. The van der Waals surface area contributed by atoms with Crippen molar-refractivity contribution in [3.8, 4) is 5.75 Å². The quantitative estimate of drug-likeness (QED) is 0.842. The van der Waals surface area contributed by atoms with Crippen molar-refractivity contribution in [3.05, 3.63) is 29.4 Å². The predicted octanol–water partition coefficient (Wildman–Crippen LogP) is 1.83. The minimum absolute atomic E-state index is 0.000355. The number of anilines is 1. The van der Waals surface area contributed by atoms with Crippen LogP contribution in [0.2, 0.25) is 0 Å². The zero-order valence-electron chi connectivity index (χ0n) is 13.3. The maximum absolute atomic E-state index is 12.4. The van der Waals surface area contributed by atoms with Crippen molar-refractivity contribution in [2.24, 2.45) is 0 Å². The molecular formula is C16H19N5O2S. The first-order valence-electron chi connectivity index (χ1n) is 8.24. The van der Waals surface area contributed by atoms with E-state index in [0.717, 1.165) is 42.6 Å². The Kier molecular flexibility index (Phi) is 4.29. The van der Waals surface area contributed by atoms with Crippen molar-refractivity contribution in [1.29, 1.82) is 0 Å². The first kappa shape index (κ1) is 15.3. The highest BCUT2D eigenvalue weighted by Gasteiger charge is 2.30. The highest BCUT2D eigenvalue weighted by Crippen LogP contribution is 2.30. The molecule has 0 radical (unpaired) electrons. The van der Waals surface area contributed by atoms with Gasteiger partial charge in [-0.3, -0.25) is 4.79 Å². The smallest absolute Gasteiger partial charge is 0.267 e. The van der Waals surface area contributed by atoms with E-state index in [-0.39, 0.29) is 12.0 Å². The van der Waals surface area contributed by atoms with Crippen LogP contribution in [0.1, 0.15) is 28.9 Å². The molecule has 1 amide bonds. The molecule has 2 fully saturated rings. The summed E-state index contributed by atoms with van der Waals surface area (Å²) in [5.74, 6) is 1.73. The molecule has 0 saturated carbocycles. The number of rotatable bonds is 4. The van der Waals surface area contributed by atoms with E-state index < -0.39 is 0 Å². The lowest BCUT2D eigenvalue weighted by Gasteiger charge is -2.22. The largest absolute Gasteiger partial charge is 0.485 e. The predicted molar refractivity (Wildman–Crippen MR) is 90.5 cm³/mol. The molecule has 4 rings (SSSR count). The van der Waals surface area contributed by atoms with Gasteiger partial charge in [0, 0.05) is 32.3 Å². The molecule has 0 aromatic carbocycles. The Morgan fingerprint density at radius 3 is 2.96 bits per heavy atom. The van der Waals surface area contributed by atoms with Crippen LogP contribution in [0.15, 0.2) is 24.5 Å². The highest BCUT2D eigenvalue weighted by atomic mass is 32.1. The SMILES string of the molecule is O=C(c1cnns1)N1CC[C@H](Oc2cccnc2N2CCCC2)C1. The first-order chi connectivity index (χ1) is 11.8. The summed E-state index contributed by atoms with van der Waals surface area (Å²) in [6.45, 7) is 3.34. The van der Waals surface area contributed by atoms with E-state index in [2.05, 4.69) is 19.5 Å². The van der Waals surface area contributed by atoms with Gasteiger partial charge in [0.05, 0.1) is 12.7 Å². The standard InChI is InChI=1S/C16H19N5O2S/c22-16(14-10-18-19-24-14)21-9-5-12(11-21)23-13-4-3-6-17-15(13)20-7-1-2-8-20/h3-4,6,10,12H,1-2,5,7-9,11H2/t12-/m0/s1. The molecule has 7 nitrogen and oxygen atoms in total. The van der Waals surface area contributed by atoms with Gasteiger partial charge in [-0.05, 0) is 36.5 Å². The summed E-state index contributed by atoms with van der Waals surface area (Å²) in [5, 5.41) is 3.73. The van der Waals surface area contributed by atoms with Gasteiger partial charge in [-0.2, -0.15) is 0 Å². The molecular weight excluding hydrogens is 326 g/mol. The Morgan fingerprint density at radius 2 is 2.17 bits per heavy atom. The zero-order valence-corrected chi connectivity index (χ0v) is 14.1. The summed E-state index contributed by atoms with van der Waals surface area (Å²) >= 11 is 1.13.